The number of aliphatic imine (C=N–C) groups is 1. The fraction of sp³-hybridized carbons (Fsp3) is 0.545. The molecule has 4 atom stereocenters. The molecule has 41 heavy (non-hydrogen) atoms. The second-order valence-corrected chi connectivity index (χ2v) is 13.0. The Balaban J connectivity index is 1.25. The number of aromatic amines is 1. The molecule has 5 aliphatic rings. The molecule has 0 amide bonds. The number of rotatable bonds is 7. The topological polar surface area (TPSA) is 105 Å². The van der Waals surface area contributed by atoms with E-state index in [1.807, 2.05) is 0 Å². The summed E-state index contributed by atoms with van der Waals surface area (Å²) in [6, 6.07) is 10.3. The van der Waals surface area contributed by atoms with Crippen molar-refractivity contribution in [1.29, 1.82) is 0 Å². The van der Waals surface area contributed by atoms with E-state index in [0.717, 1.165) is 97.2 Å². The maximum absolute atomic E-state index is 13.1. The molecule has 216 valence electrons. The molecule has 8 rings (SSSR count). The van der Waals surface area contributed by atoms with Crippen molar-refractivity contribution in [2.24, 2.45) is 10.9 Å². The maximum Gasteiger partial charge on any atom is 0.195 e. The van der Waals surface area contributed by atoms with Gasteiger partial charge in [-0.3, -0.25) is 9.89 Å². The number of guanidine groups is 1. The lowest BCUT2D eigenvalue weighted by atomic mass is 9.49. The zero-order valence-corrected chi connectivity index (χ0v) is 24.1. The molecule has 3 heterocycles. The number of aliphatic hydroxyl groups is 1. The number of aromatic nitrogens is 1. The molecule has 1 saturated carbocycles. The van der Waals surface area contributed by atoms with Crippen LogP contribution in [0.25, 0.3) is 10.9 Å². The third kappa shape index (κ3) is 3.56. The number of fused-ring (bicyclic) bond motifs is 4. The van der Waals surface area contributed by atoms with Gasteiger partial charge in [0.1, 0.15) is 0 Å². The van der Waals surface area contributed by atoms with Crippen molar-refractivity contribution in [2.45, 2.75) is 82.0 Å². The molecule has 0 radical (unpaired) electrons. The van der Waals surface area contributed by atoms with Crippen LogP contribution in [0.5, 0.6) is 11.5 Å². The Labute approximate surface area is 241 Å². The standard InChI is InChI=1S/C33H41N5O3/c1-3-12-34-31(35-13-4-2)36-21-8-9-24-22(16-21)23-17-33(40)26-15-20-7-10-25(39)29-27(20)32(33,30(41-29)28(23)37-24)11-14-38(26)18-19-5-6-19/h7-10,16,19,26,30,37,39-40H,3-6,11-15,17-18H2,1-2H3,(H2,34,35,36)/t26-,30-,32-,33+/m0/s1. The minimum Gasteiger partial charge on any atom is -0.504 e. The Morgan fingerprint density at radius 1 is 1.20 bits per heavy atom. The van der Waals surface area contributed by atoms with Gasteiger partial charge in [-0.05, 0) is 86.4 Å². The molecular formula is C33H41N5O3. The number of hydrogen-bond acceptors (Lipinski definition) is 5. The van der Waals surface area contributed by atoms with Crippen LogP contribution in [0.3, 0.4) is 0 Å². The number of anilines is 1. The first kappa shape index (κ1) is 25.5. The summed E-state index contributed by atoms with van der Waals surface area (Å²) < 4.78 is 6.74. The number of hydrogen-bond donors (Lipinski definition) is 5. The highest BCUT2D eigenvalue weighted by Crippen LogP contribution is 2.69. The number of phenolic OH excluding ortho intramolecular Hbond substituents is 1. The normalized spacial score (nSPS) is 29.7. The zero-order valence-electron chi connectivity index (χ0n) is 24.1. The molecule has 2 aromatic carbocycles. The monoisotopic (exact) mass is 555 g/mol. The van der Waals surface area contributed by atoms with E-state index in [9.17, 15) is 10.2 Å². The lowest BCUT2D eigenvalue weighted by Crippen LogP contribution is -2.74. The van der Waals surface area contributed by atoms with Crippen LogP contribution in [0.15, 0.2) is 35.3 Å². The van der Waals surface area contributed by atoms with Crippen molar-refractivity contribution in [3.8, 4) is 11.5 Å². The summed E-state index contributed by atoms with van der Waals surface area (Å²) in [5.74, 6) is 2.31. The predicted octanol–water partition coefficient (Wildman–Crippen LogP) is 4.75. The van der Waals surface area contributed by atoms with Crippen molar-refractivity contribution in [2.75, 3.05) is 31.5 Å². The van der Waals surface area contributed by atoms with Crippen LogP contribution in [-0.4, -0.2) is 63.9 Å². The average molecular weight is 556 g/mol. The van der Waals surface area contributed by atoms with Crippen molar-refractivity contribution in [1.82, 2.24) is 15.2 Å². The van der Waals surface area contributed by atoms with Gasteiger partial charge in [0.2, 0.25) is 0 Å². The molecular weight excluding hydrogens is 514 g/mol. The van der Waals surface area contributed by atoms with Gasteiger partial charge in [-0.1, -0.05) is 19.9 Å². The van der Waals surface area contributed by atoms with E-state index in [2.05, 4.69) is 58.6 Å². The fourth-order valence-electron chi connectivity index (χ4n) is 8.44. The fourth-order valence-corrected chi connectivity index (χ4v) is 8.44. The SMILES string of the molecule is CCCN=C(NCCC)Nc1ccc2[nH]c3c(c2c1)C[C@@]1(O)[C@@H]2Cc4ccc(O)c5c4[C@@]1(CCN2CC1CC1)[C@H]3O5. The minimum atomic E-state index is -0.987. The first-order valence-electron chi connectivity index (χ1n) is 15.6. The lowest BCUT2D eigenvalue weighted by Gasteiger charge is -2.62. The van der Waals surface area contributed by atoms with Crippen LogP contribution in [0.2, 0.25) is 0 Å². The van der Waals surface area contributed by atoms with Gasteiger partial charge in [0, 0.05) is 54.3 Å². The summed E-state index contributed by atoms with van der Waals surface area (Å²) in [5, 5.41) is 32.1. The van der Waals surface area contributed by atoms with E-state index in [4.69, 9.17) is 9.73 Å². The Kier molecular flexibility index (Phi) is 5.68. The first-order chi connectivity index (χ1) is 20.0. The van der Waals surface area contributed by atoms with Crippen molar-refractivity contribution in [3.63, 3.8) is 0 Å². The Morgan fingerprint density at radius 3 is 2.88 bits per heavy atom. The van der Waals surface area contributed by atoms with E-state index in [1.165, 1.54) is 18.4 Å². The predicted molar refractivity (Wildman–Crippen MR) is 161 cm³/mol. The van der Waals surface area contributed by atoms with Gasteiger partial charge >= 0.3 is 0 Å². The summed E-state index contributed by atoms with van der Waals surface area (Å²) in [7, 11) is 0. The number of nitrogens with zero attached hydrogens (tertiary/aromatic N) is 2. The molecule has 2 bridgehead atoms. The van der Waals surface area contributed by atoms with E-state index >= 15 is 0 Å². The van der Waals surface area contributed by atoms with Gasteiger partial charge in [0.05, 0.1) is 16.7 Å². The Morgan fingerprint density at radius 2 is 2.07 bits per heavy atom. The molecule has 8 nitrogen and oxygen atoms in total. The molecule has 1 aromatic heterocycles. The summed E-state index contributed by atoms with van der Waals surface area (Å²) in [6.45, 7) is 7.93. The van der Waals surface area contributed by atoms with Crippen LogP contribution in [0.4, 0.5) is 5.69 Å². The molecule has 1 saturated heterocycles. The number of ether oxygens (including phenoxy) is 1. The number of H-pyrrole nitrogens is 1. The number of aromatic hydroxyl groups is 1. The smallest absolute Gasteiger partial charge is 0.195 e. The number of likely N-dealkylation sites (tertiary alicyclic amines) is 1. The largest absolute Gasteiger partial charge is 0.504 e. The average Bonchev–Trinajstić information content (AvgIpc) is 3.61. The van der Waals surface area contributed by atoms with Crippen molar-refractivity contribution < 1.29 is 14.9 Å². The number of piperidine rings is 1. The van der Waals surface area contributed by atoms with Crippen molar-refractivity contribution >= 4 is 22.5 Å². The first-order valence-corrected chi connectivity index (χ1v) is 15.6. The maximum atomic E-state index is 13.1. The highest BCUT2D eigenvalue weighted by atomic mass is 16.5. The molecule has 0 unspecified atom stereocenters. The quantitative estimate of drug-likeness (QED) is 0.213. The molecule has 3 aromatic rings. The van der Waals surface area contributed by atoms with E-state index < -0.39 is 11.0 Å². The Bertz CT molecular complexity index is 1560. The number of phenols is 1. The van der Waals surface area contributed by atoms with Crippen LogP contribution in [0.1, 0.15) is 74.4 Å². The molecule has 8 heteroatoms. The van der Waals surface area contributed by atoms with Gasteiger partial charge in [0.15, 0.2) is 23.6 Å². The Hall–Kier alpha value is -3.23. The van der Waals surface area contributed by atoms with Crippen LogP contribution < -0.4 is 15.4 Å². The zero-order chi connectivity index (χ0) is 27.9. The second kappa shape index (κ2) is 9.13. The summed E-state index contributed by atoms with van der Waals surface area (Å²) in [4.78, 5) is 11.0. The van der Waals surface area contributed by atoms with E-state index in [0.29, 0.717) is 12.2 Å². The molecule has 5 N–H and O–H groups in total. The van der Waals surface area contributed by atoms with E-state index in [-0.39, 0.29) is 17.9 Å². The summed E-state index contributed by atoms with van der Waals surface area (Å²) in [5.41, 5.74) is 4.91. The van der Waals surface area contributed by atoms with Gasteiger partial charge in [-0.2, -0.15) is 0 Å². The van der Waals surface area contributed by atoms with Crippen LogP contribution in [-0.2, 0) is 18.3 Å². The van der Waals surface area contributed by atoms with Crippen LogP contribution >= 0.6 is 0 Å². The van der Waals surface area contributed by atoms with Crippen molar-refractivity contribution in [3.05, 3.63) is 52.7 Å². The van der Waals surface area contributed by atoms with Gasteiger partial charge in [0.25, 0.3) is 0 Å². The number of benzene rings is 2. The second-order valence-electron chi connectivity index (χ2n) is 13.0. The van der Waals surface area contributed by atoms with Gasteiger partial charge in [-0.25, -0.2) is 0 Å². The highest BCUT2D eigenvalue weighted by molar-refractivity contribution is 5.97. The number of nitrogens with one attached hydrogen (secondary N) is 3. The highest BCUT2D eigenvalue weighted by Gasteiger charge is 2.72. The third-order valence-corrected chi connectivity index (χ3v) is 10.5. The third-order valence-electron chi connectivity index (χ3n) is 10.5. The van der Waals surface area contributed by atoms with Crippen LogP contribution in [0, 0.1) is 5.92 Å². The molecule has 3 aliphatic carbocycles. The lowest BCUT2D eigenvalue weighted by molar-refractivity contribution is -0.173. The minimum absolute atomic E-state index is 0.0244. The van der Waals surface area contributed by atoms with Gasteiger partial charge in [-0.15, -0.1) is 0 Å². The van der Waals surface area contributed by atoms with Gasteiger partial charge < -0.3 is 30.6 Å². The summed E-state index contributed by atoms with van der Waals surface area (Å²) in [6.07, 6.45) is 6.43. The summed E-state index contributed by atoms with van der Waals surface area (Å²) >= 11 is 0. The molecule has 1 spiro atoms. The molecule has 2 aliphatic heterocycles. The van der Waals surface area contributed by atoms with E-state index in [1.54, 1.807) is 6.07 Å². The molecule has 2 fully saturated rings.